The van der Waals surface area contributed by atoms with E-state index in [4.69, 9.17) is 0 Å². The van der Waals surface area contributed by atoms with Gasteiger partial charge >= 0.3 is 0 Å². The molecule has 122 valence electrons. The van der Waals surface area contributed by atoms with Gasteiger partial charge in [0.25, 0.3) is 0 Å². The smallest absolute Gasteiger partial charge is 0.00978 e. The molecule has 0 aliphatic heterocycles. The second-order valence-electron chi connectivity index (χ2n) is 6.46. The average Bonchev–Trinajstić information content (AvgIpc) is 2.48. The Morgan fingerprint density at radius 1 is 0.600 bits per heavy atom. The molecule has 0 spiro atoms. The van der Waals surface area contributed by atoms with Crippen molar-refractivity contribution < 1.29 is 0 Å². The average molecular weight is 301 g/mol. The summed E-state index contributed by atoms with van der Waals surface area (Å²) in [5, 5.41) is 0. The highest BCUT2D eigenvalue weighted by Crippen LogP contribution is 2.20. The predicted octanol–water partition coefficient (Wildman–Crippen LogP) is 7.42. The first-order valence-corrected chi connectivity index (χ1v) is 10.1. The molecule has 0 bridgehead atoms. The van der Waals surface area contributed by atoms with E-state index in [1.54, 1.807) is 0 Å². The van der Waals surface area contributed by atoms with Crippen LogP contribution in [0.1, 0.15) is 110 Å². The van der Waals surface area contributed by atoms with E-state index in [-0.39, 0.29) is 0 Å². The fourth-order valence-corrected chi connectivity index (χ4v) is 3.21. The zero-order valence-electron chi connectivity index (χ0n) is 14.3. The summed E-state index contributed by atoms with van der Waals surface area (Å²) in [7, 11) is 0. The van der Waals surface area contributed by atoms with Crippen LogP contribution < -0.4 is 0 Å². The van der Waals surface area contributed by atoms with Gasteiger partial charge in [-0.1, -0.05) is 97.3 Å². The van der Waals surface area contributed by atoms with Crippen LogP contribution in [-0.2, 0) is 0 Å². The number of unbranched alkanes of at least 4 members (excludes halogenated alkanes) is 10. The number of rotatable bonds is 16. The topological polar surface area (TPSA) is 0 Å². The quantitative estimate of drug-likeness (QED) is 0.222. The van der Waals surface area contributed by atoms with Gasteiger partial charge in [0.1, 0.15) is 0 Å². The molecule has 0 aromatic rings. The largest absolute Gasteiger partial charge is 0.179 e. The normalized spacial score (nSPS) is 12.8. The molecule has 0 aliphatic rings. The highest BCUT2D eigenvalue weighted by Gasteiger charge is 2.05. The number of thiol groups is 1. The van der Waals surface area contributed by atoms with E-state index in [0.29, 0.717) is 0 Å². The van der Waals surface area contributed by atoms with Gasteiger partial charge in [-0.15, -0.1) is 0 Å². The van der Waals surface area contributed by atoms with Crippen LogP contribution in [0.15, 0.2) is 0 Å². The van der Waals surface area contributed by atoms with E-state index in [1.807, 2.05) is 0 Å². The lowest BCUT2D eigenvalue weighted by molar-refractivity contribution is 0.409. The third kappa shape index (κ3) is 14.8. The summed E-state index contributed by atoms with van der Waals surface area (Å²) in [5.41, 5.74) is 0. The Morgan fingerprint density at radius 2 is 1.05 bits per heavy atom. The van der Waals surface area contributed by atoms with E-state index in [9.17, 15) is 0 Å². The third-order valence-electron chi connectivity index (χ3n) is 4.56. The molecule has 0 aliphatic carbocycles. The second-order valence-corrected chi connectivity index (χ2v) is 6.91. The van der Waals surface area contributed by atoms with Crippen LogP contribution in [0.3, 0.4) is 0 Å². The lowest BCUT2D eigenvalue weighted by Crippen LogP contribution is -1.99. The van der Waals surface area contributed by atoms with E-state index in [1.165, 1.54) is 96.3 Å². The van der Waals surface area contributed by atoms with Gasteiger partial charge in [-0.2, -0.15) is 12.6 Å². The minimum absolute atomic E-state index is 0.973. The van der Waals surface area contributed by atoms with Crippen LogP contribution in [0.25, 0.3) is 0 Å². The Balaban J connectivity index is 3.15. The summed E-state index contributed by atoms with van der Waals surface area (Å²) < 4.78 is 0. The minimum Gasteiger partial charge on any atom is -0.179 e. The second kappa shape index (κ2) is 17.4. The van der Waals surface area contributed by atoms with Crippen LogP contribution >= 0.6 is 12.6 Å². The van der Waals surface area contributed by atoms with Crippen LogP contribution in [-0.4, -0.2) is 5.75 Å². The monoisotopic (exact) mass is 300 g/mol. The summed E-state index contributed by atoms with van der Waals surface area (Å²) >= 11 is 4.32. The van der Waals surface area contributed by atoms with Crippen molar-refractivity contribution in [2.75, 3.05) is 5.75 Å². The Hall–Kier alpha value is 0.350. The maximum absolute atomic E-state index is 4.32. The number of hydrogen-bond acceptors (Lipinski definition) is 1. The fourth-order valence-electron chi connectivity index (χ4n) is 3.03. The van der Waals surface area contributed by atoms with Gasteiger partial charge in [0.05, 0.1) is 0 Å². The molecule has 0 aromatic heterocycles. The van der Waals surface area contributed by atoms with Gasteiger partial charge < -0.3 is 0 Å². The molecule has 0 saturated heterocycles. The van der Waals surface area contributed by atoms with Crippen molar-refractivity contribution in [2.45, 2.75) is 110 Å². The van der Waals surface area contributed by atoms with Crippen molar-refractivity contribution in [1.82, 2.24) is 0 Å². The molecular weight excluding hydrogens is 260 g/mol. The summed E-state index contributed by atoms with van der Waals surface area (Å²) in [5.74, 6) is 2.04. The molecule has 0 saturated carbocycles. The van der Waals surface area contributed by atoms with Gasteiger partial charge in [0, 0.05) is 0 Å². The summed E-state index contributed by atoms with van der Waals surface area (Å²) in [6.07, 6.45) is 21.6. The summed E-state index contributed by atoms with van der Waals surface area (Å²) in [4.78, 5) is 0. The van der Waals surface area contributed by atoms with Gasteiger partial charge in [0.2, 0.25) is 0 Å². The maximum atomic E-state index is 4.32. The van der Waals surface area contributed by atoms with Crippen LogP contribution in [0, 0.1) is 5.92 Å². The highest BCUT2D eigenvalue weighted by atomic mass is 32.1. The van der Waals surface area contributed by atoms with E-state index in [2.05, 4.69) is 26.5 Å². The van der Waals surface area contributed by atoms with Gasteiger partial charge in [-0.25, -0.2) is 0 Å². The van der Waals surface area contributed by atoms with E-state index < -0.39 is 0 Å². The van der Waals surface area contributed by atoms with E-state index in [0.717, 1.165) is 11.7 Å². The van der Waals surface area contributed by atoms with E-state index >= 15 is 0 Å². The van der Waals surface area contributed by atoms with Crippen molar-refractivity contribution in [3.05, 3.63) is 0 Å². The molecule has 0 nitrogen and oxygen atoms in total. The molecule has 1 unspecified atom stereocenters. The third-order valence-corrected chi connectivity index (χ3v) is 4.88. The molecule has 0 aromatic carbocycles. The van der Waals surface area contributed by atoms with Crippen molar-refractivity contribution in [2.24, 2.45) is 5.92 Å². The van der Waals surface area contributed by atoms with Crippen molar-refractivity contribution in [3.8, 4) is 0 Å². The first-order valence-electron chi connectivity index (χ1n) is 9.46. The Kier molecular flexibility index (Phi) is 17.7. The Bertz CT molecular complexity index is 167. The molecule has 1 heteroatoms. The van der Waals surface area contributed by atoms with Crippen molar-refractivity contribution >= 4 is 12.6 Å². The standard InChI is InChI=1S/C19H40S/c1-3-5-6-7-8-9-10-11-12-13-14-16-19(4-2)17-15-18-20/h19-20H,3-18H2,1-2H3. The van der Waals surface area contributed by atoms with Gasteiger partial charge in [-0.05, 0) is 24.5 Å². The maximum Gasteiger partial charge on any atom is -0.00978 e. The highest BCUT2D eigenvalue weighted by molar-refractivity contribution is 7.80. The molecule has 20 heavy (non-hydrogen) atoms. The summed E-state index contributed by atoms with van der Waals surface area (Å²) in [6.45, 7) is 4.64. The molecule has 1 atom stereocenters. The van der Waals surface area contributed by atoms with Crippen LogP contribution in [0.2, 0.25) is 0 Å². The van der Waals surface area contributed by atoms with Crippen LogP contribution in [0.4, 0.5) is 0 Å². The lowest BCUT2D eigenvalue weighted by Gasteiger charge is -2.13. The predicted molar refractivity (Wildman–Crippen MR) is 97.9 cm³/mol. The molecule has 0 heterocycles. The van der Waals surface area contributed by atoms with Gasteiger partial charge in [-0.3, -0.25) is 0 Å². The summed E-state index contributed by atoms with van der Waals surface area (Å²) in [6, 6.07) is 0. The number of hydrogen-bond donors (Lipinski definition) is 1. The first kappa shape index (κ1) is 20.3. The molecular formula is C19H40S. The fraction of sp³-hybridized carbons (Fsp3) is 1.00. The molecule has 0 radical (unpaired) electrons. The lowest BCUT2D eigenvalue weighted by atomic mass is 9.94. The SMILES string of the molecule is CCCCCCCCCCCCCC(CC)CCCS. The molecule has 0 amide bonds. The zero-order valence-corrected chi connectivity index (χ0v) is 15.2. The van der Waals surface area contributed by atoms with Crippen molar-refractivity contribution in [1.29, 1.82) is 0 Å². The minimum atomic E-state index is 0.973. The molecule has 0 N–H and O–H groups in total. The Morgan fingerprint density at radius 3 is 1.50 bits per heavy atom. The Labute approximate surface area is 134 Å². The first-order chi connectivity index (χ1) is 9.85. The molecule has 0 fully saturated rings. The van der Waals surface area contributed by atoms with Crippen LogP contribution in [0.5, 0.6) is 0 Å². The van der Waals surface area contributed by atoms with Crippen molar-refractivity contribution in [3.63, 3.8) is 0 Å². The van der Waals surface area contributed by atoms with Gasteiger partial charge in [0.15, 0.2) is 0 Å². The molecule has 0 rings (SSSR count). The zero-order chi connectivity index (χ0) is 14.9.